The fourth-order valence-electron chi connectivity index (χ4n) is 3.03. The number of dihydropyridines is 1. The zero-order valence-corrected chi connectivity index (χ0v) is 15.9. The summed E-state index contributed by atoms with van der Waals surface area (Å²) in [6.45, 7) is 3.56. The van der Waals surface area contributed by atoms with Gasteiger partial charge in [-0.1, -0.05) is 12.2 Å². The van der Waals surface area contributed by atoms with Crippen LogP contribution in [0, 0.1) is 13.8 Å². The molecule has 7 nitrogen and oxygen atoms in total. The Kier molecular flexibility index (Phi) is 5.99. The number of esters is 2. The Bertz CT molecular complexity index is 800. The van der Waals surface area contributed by atoms with Gasteiger partial charge < -0.3 is 25.8 Å². The van der Waals surface area contributed by atoms with Gasteiger partial charge in [-0.15, -0.1) is 0 Å². The van der Waals surface area contributed by atoms with E-state index in [1.165, 1.54) is 14.2 Å². The van der Waals surface area contributed by atoms with Crippen LogP contribution in [0.3, 0.4) is 0 Å². The quantitative estimate of drug-likeness (QED) is 0.544. The number of rotatable bonds is 4. The molecule has 0 saturated heterocycles. The highest BCUT2D eigenvalue weighted by atomic mass is 32.1. The average molecular weight is 375 g/mol. The second-order valence-electron chi connectivity index (χ2n) is 5.62. The summed E-state index contributed by atoms with van der Waals surface area (Å²) in [5.41, 5.74) is 8.94. The molecule has 1 heterocycles. The topological polar surface area (TPSA) is 103 Å². The van der Waals surface area contributed by atoms with Crippen molar-refractivity contribution in [1.82, 2.24) is 5.32 Å². The number of methoxy groups -OCH3 is 2. The lowest BCUT2D eigenvalue weighted by molar-refractivity contribution is 0.0600. The van der Waals surface area contributed by atoms with E-state index in [0.29, 0.717) is 11.1 Å². The number of nitrogens with one attached hydrogen (secondary N) is 2. The molecule has 0 spiro atoms. The molecule has 0 radical (unpaired) electrons. The molecule has 1 aliphatic rings. The maximum Gasteiger partial charge on any atom is 0.340 e. The number of ether oxygens (including phenoxy) is 2. The van der Waals surface area contributed by atoms with Gasteiger partial charge in [0, 0.05) is 11.3 Å². The van der Waals surface area contributed by atoms with Crippen molar-refractivity contribution in [2.75, 3.05) is 19.5 Å². The number of carbonyl (C=O) groups excluding carboxylic acids is 2. The normalized spacial score (nSPS) is 12.7. The summed E-state index contributed by atoms with van der Waals surface area (Å²) in [4.78, 5) is 25.0. The molecule has 1 aromatic carbocycles. The largest absolute Gasteiger partial charge is 0.465 e. The number of anilines is 1. The van der Waals surface area contributed by atoms with Crippen LogP contribution in [0.4, 0.5) is 5.69 Å². The van der Waals surface area contributed by atoms with Gasteiger partial charge in [-0.25, -0.2) is 9.59 Å². The standard InChI is InChI=1S/C18H21N3O4S/c1-9-12(11-7-5-6-8-20-11)10(2)14(17(23)25-4)15(21-18(19)26)13(9)16(22)24-3/h6-8,20H,5H2,1-4H3,(H3,19,21,26). The molecular formula is C18H21N3O4S. The number of hydrogen-bond acceptors (Lipinski definition) is 6. The molecule has 0 bridgehead atoms. The van der Waals surface area contributed by atoms with E-state index in [0.717, 1.165) is 17.7 Å². The minimum absolute atomic E-state index is 0.0789. The molecule has 0 unspecified atom stereocenters. The molecule has 0 aromatic heterocycles. The molecule has 0 atom stereocenters. The van der Waals surface area contributed by atoms with Gasteiger partial charge in [-0.05, 0) is 49.8 Å². The predicted octanol–water partition coefficient (Wildman–Crippen LogP) is 2.38. The van der Waals surface area contributed by atoms with Gasteiger partial charge in [0.25, 0.3) is 0 Å². The van der Waals surface area contributed by atoms with Crippen LogP contribution in [-0.2, 0) is 9.47 Å². The van der Waals surface area contributed by atoms with E-state index in [1.54, 1.807) is 13.8 Å². The summed E-state index contributed by atoms with van der Waals surface area (Å²) >= 11 is 4.92. The van der Waals surface area contributed by atoms with Crippen molar-refractivity contribution >= 4 is 40.7 Å². The van der Waals surface area contributed by atoms with Crippen LogP contribution in [0.2, 0.25) is 0 Å². The third-order valence-electron chi connectivity index (χ3n) is 4.11. The zero-order chi connectivity index (χ0) is 19.4. The van der Waals surface area contributed by atoms with Crippen molar-refractivity contribution < 1.29 is 19.1 Å². The van der Waals surface area contributed by atoms with E-state index in [1.807, 2.05) is 18.4 Å². The van der Waals surface area contributed by atoms with Crippen molar-refractivity contribution in [2.24, 2.45) is 5.73 Å². The first-order valence-corrected chi connectivity index (χ1v) is 8.26. The van der Waals surface area contributed by atoms with Crippen molar-refractivity contribution in [3.63, 3.8) is 0 Å². The lowest BCUT2D eigenvalue weighted by atomic mass is 9.88. The number of nitrogens with two attached hydrogens (primary N) is 1. The van der Waals surface area contributed by atoms with Gasteiger partial charge in [-0.2, -0.15) is 0 Å². The molecule has 1 aliphatic heterocycles. The van der Waals surface area contributed by atoms with Crippen molar-refractivity contribution in [2.45, 2.75) is 20.3 Å². The third kappa shape index (κ3) is 3.55. The maximum atomic E-state index is 12.5. The number of carbonyl (C=O) groups is 2. The van der Waals surface area contributed by atoms with Crippen LogP contribution in [0.15, 0.2) is 18.4 Å². The van der Waals surface area contributed by atoms with Crippen LogP contribution in [0.1, 0.15) is 43.8 Å². The third-order valence-corrected chi connectivity index (χ3v) is 4.21. The average Bonchev–Trinajstić information content (AvgIpc) is 2.61. The minimum atomic E-state index is -0.611. The van der Waals surface area contributed by atoms with E-state index in [2.05, 4.69) is 10.6 Å². The van der Waals surface area contributed by atoms with Crippen LogP contribution < -0.4 is 16.4 Å². The molecule has 4 N–H and O–H groups in total. The van der Waals surface area contributed by atoms with E-state index in [9.17, 15) is 9.59 Å². The summed E-state index contributed by atoms with van der Waals surface area (Å²) in [5, 5.41) is 5.81. The van der Waals surface area contributed by atoms with Crippen LogP contribution >= 0.6 is 12.2 Å². The van der Waals surface area contributed by atoms with Gasteiger partial charge in [0.2, 0.25) is 0 Å². The lowest BCUT2D eigenvalue weighted by Gasteiger charge is -2.24. The summed E-state index contributed by atoms with van der Waals surface area (Å²) < 4.78 is 9.84. The van der Waals surface area contributed by atoms with Crippen LogP contribution in [0.25, 0.3) is 5.70 Å². The lowest BCUT2D eigenvalue weighted by Crippen LogP contribution is -2.26. The Hall–Kier alpha value is -2.87. The highest BCUT2D eigenvalue weighted by Crippen LogP contribution is 2.36. The highest BCUT2D eigenvalue weighted by Gasteiger charge is 2.30. The first kappa shape index (κ1) is 19.5. The maximum absolute atomic E-state index is 12.5. The second kappa shape index (κ2) is 8.01. The first-order valence-electron chi connectivity index (χ1n) is 7.85. The molecule has 0 aliphatic carbocycles. The van der Waals surface area contributed by atoms with Gasteiger partial charge >= 0.3 is 11.9 Å². The zero-order valence-electron chi connectivity index (χ0n) is 15.1. The molecule has 1 aromatic rings. The number of hydrogen-bond donors (Lipinski definition) is 3. The predicted molar refractivity (Wildman–Crippen MR) is 104 cm³/mol. The minimum Gasteiger partial charge on any atom is -0.465 e. The number of benzene rings is 1. The summed E-state index contributed by atoms with van der Waals surface area (Å²) in [7, 11) is 2.54. The summed E-state index contributed by atoms with van der Waals surface area (Å²) in [6, 6.07) is 0. The Morgan fingerprint density at radius 1 is 1.15 bits per heavy atom. The Balaban J connectivity index is 2.91. The Labute approximate surface area is 157 Å². The number of allylic oxidation sites excluding steroid dienone is 2. The molecule has 0 fully saturated rings. The van der Waals surface area contributed by atoms with E-state index in [-0.39, 0.29) is 21.9 Å². The molecule has 26 heavy (non-hydrogen) atoms. The van der Waals surface area contributed by atoms with E-state index in [4.69, 9.17) is 27.4 Å². The van der Waals surface area contributed by atoms with Gasteiger partial charge in [0.15, 0.2) is 5.11 Å². The monoisotopic (exact) mass is 375 g/mol. The Morgan fingerprint density at radius 2 is 1.69 bits per heavy atom. The fourth-order valence-corrected chi connectivity index (χ4v) is 3.14. The molecule has 8 heteroatoms. The van der Waals surface area contributed by atoms with E-state index >= 15 is 0 Å². The van der Waals surface area contributed by atoms with Gasteiger partial charge in [0.1, 0.15) is 0 Å². The van der Waals surface area contributed by atoms with Crippen molar-refractivity contribution in [3.8, 4) is 0 Å². The molecule has 2 rings (SSSR count). The molecule has 138 valence electrons. The van der Waals surface area contributed by atoms with Crippen molar-refractivity contribution in [1.29, 1.82) is 0 Å². The van der Waals surface area contributed by atoms with Crippen molar-refractivity contribution in [3.05, 3.63) is 46.2 Å². The Morgan fingerprint density at radius 3 is 2.08 bits per heavy atom. The second-order valence-corrected chi connectivity index (χ2v) is 6.06. The molecular weight excluding hydrogens is 354 g/mol. The van der Waals surface area contributed by atoms with Crippen LogP contribution in [-0.4, -0.2) is 31.3 Å². The highest BCUT2D eigenvalue weighted by molar-refractivity contribution is 7.80. The molecule has 0 saturated carbocycles. The van der Waals surface area contributed by atoms with Gasteiger partial charge in [0.05, 0.1) is 31.0 Å². The summed E-state index contributed by atoms with van der Waals surface area (Å²) in [5.74, 6) is -1.22. The fraction of sp³-hybridized carbons (Fsp3) is 0.278. The molecule has 0 amide bonds. The summed E-state index contributed by atoms with van der Waals surface area (Å²) in [6.07, 6.45) is 6.47. The van der Waals surface area contributed by atoms with E-state index < -0.39 is 11.9 Å². The number of thiocarbonyl (C=S) groups is 1. The van der Waals surface area contributed by atoms with Gasteiger partial charge in [-0.3, -0.25) is 0 Å². The smallest absolute Gasteiger partial charge is 0.340 e. The first-order chi connectivity index (χ1) is 12.3. The SMILES string of the molecule is COC(=O)c1c(C)c(C2=CCC=CN2)c(C)c(C(=O)OC)c1NC(N)=S. The van der Waals surface area contributed by atoms with Crippen LogP contribution in [0.5, 0.6) is 0 Å².